The maximum atomic E-state index is 11.3. The number of aliphatic carboxylic acids is 1. The molecule has 0 aromatic heterocycles. The van der Waals surface area contributed by atoms with Gasteiger partial charge in [0.05, 0.1) is 5.92 Å². The second kappa shape index (κ2) is 7.95. The van der Waals surface area contributed by atoms with Gasteiger partial charge in [0.25, 0.3) is 0 Å². The van der Waals surface area contributed by atoms with Gasteiger partial charge in [0.2, 0.25) is 0 Å². The Morgan fingerprint density at radius 3 is 2.26 bits per heavy atom. The minimum absolute atomic E-state index is 0.473. The van der Waals surface area contributed by atoms with Crippen LogP contribution in [0.1, 0.15) is 43.7 Å². The lowest BCUT2D eigenvalue weighted by Crippen LogP contribution is -2.14. The van der Waals surface area contributed by atoms with Crippen LogP contribution in [-0.4, -0.2) is 24.3 Å². The van der Waals surface area contributed by atoms with Crippen molar-refractivity contribution in [2.75, 3.05) is 13.2 Å². The highest BCUT2D eigenvalue weighted by Crippen LogP contribution is 2.20. The standard InChI is InChI=1S/C16H24O3/c1-12(2)8-10-19-11-9-15(16(17)18)14-6-4-13(3)5-7-14/h4-7,12,15H,8-11H2,1-3H3,(H,17,18). The summed E-state index contributed by atoms with van der Waals surface area (Å²) < 4.78 is 5.51. The number of hydrogen-bond donors (Lipinski definition) is 1. The van der Waals surface area contributed by atoms with Crippen LogP contribution < -0.4 is 0 Å². The molecule has 3 nitrogen and oxygen atoms in total. The van der Waals surface area contributed by atoms with Crippen molar-refractivity contribution in [1.82, 2.24) is 0 Å². The smallest absolute Gasteiger partial charge is 0.311 e. The fourth-order valence-corrected chi connectivity index (χ4v) is 1.85. The number of carbonyl (C=O) groups is 1. The number of hydrogen-bond acceptors (Lipinski definition) is 2. The van der Waals surface area contributed by atoms with E-state index < -0.39 is 11.9 Å². The van der Waals surface area contributed by atoms with Gasteiger partial charge in [-0.15, -0.1) is 0 Å². The Labute approximate surface area is 115 Å². The molecule has 0 aliphatic rings. The normalized spacial score (nSPS) is 12.6. The molecule has 0 aliphatic carbocycles. The van der Waals surface area contributed by atoms with E-state index in [-0.39, 0.29) is 0 Å². The quantitative estimate of drug-likeness (QED) is 0.729. The Bertz CT molecular complexity index is 381. The van der Waals surface area contributed by atoms with Gasteiger partial charge in [-0.1, -0.05) is 43.7 Å². The summed E-state index contributed by atoms with van der Waals surface area (Å²) in [6.07, 6.45) is 1.54. The maximum absolute atomic E-state index is 11.3. The van der Waals surface area contributed by atoms with Gasteiger partial charge >= 0.3 is 5.97 Å². The van der Waals surface area contributed by atoms with E-state index in [4.69, 9.17) is 4.74 Å². The lowest BCUT2D eigenvalue weighted by molar-refractivity contribution is -0.139. The largest absolute Gasteiger partial charge is 0.481 e. The van der Waals surface area contributed by atoms with Crippen LogP contribution in [0, 0.1) is 12.8 Å². The van der Waals surface area contributed by atoms with Crippen LogP contribution in [0.25, 0.3) is 0 Å². The van der Waals surface area contributed by atoms with E-state index >= 15 is 0 Å². The highest BCUT2D eigenvalue weighted by Gasteiger charge is 2.19. The molecule has 1 atom stereocenters. The zero-order valence-electron chi connectivity index (χ0n) is 12.1. The molecule has 0 bridgehead atoms. The monoisotopic (exact) mass is 264 g/mol. The van der Waals surface area contributed by atoms with E-state index in [0.717, 1.165) is 17.5 Å². The van der Waals surface area contributed by atoms with Crippen molar-refractivity contribution in [3.8, 4) is 0 Å². The van der Waals surface area contributed by atoms with Gasteiger partial charge in [0.15, 0.2) is 0 Å². The second-order valence-corrected chi connectivity index (χ2v) is 5.39. The molecular weight excluding hydrogens is 240 g/mol. The molecule has 1 unspecified atom stereocenters. The first-order chi connectivity index (χ1) is 9.00. The van der Waals surface area contributed by atoms with E-state index in [0.29, 0.717) is 25.6 Å². The Kier molecular flexibility index (Phi) is 6.57. The molecule has 1 rings (SSSR count). The SMILES string of the molecule is Cc1ccc(C(CCOCCC(C)C)C(=O)O)cc1. The molecular formula is C16H24O3. The van der Waals surface area contributed by atoms with E-state index in [2.05, 4.69) is 13.8 Å². The van der Waals surface area contributed by atoms with Crippen molar-refractivity contribution >= 4 is 5.97 Å². The second-order valence-electron chi connectivity index (χ2n) is 5.39. The van der Waals surface area contributed by atoms with Crippen molar-refractivity contribution in [2.24, 2.45) is 5.92 Å². The predicted molar refractivity (Wildman–Crippen MR) is 76.4 cm³/mol. The first-order valence-corrected chi connectivity index (χ1v) is 6.87. The third-order valence-corrected chi connectivity index (χ3v) is 3.17. The first kappa shape index (κ1) is 15.7. The zero-order valence-corrected chi connectivity index (χ0v) is 12.1. The summed E-state index contributed by atoms with van der Waals surface area (Å²) in [7, 11) is 0. The number of aryl methyl sites for hydroxylation is 1. The van der Waals surface area contributed by atoms with Gasteiger partial charge in [-0.2, -0.15) is 0 Å². The van der Waals surface area contributed by atoms with Gasteiger partial charge in [0, 0.05) is 13.2 Å². The zero-order chi connectivity index (χ0) is 14.3. The average molecular weight is 264 g/mol. The van der Waals surface area contributed by atoms with E-state index in [1.807, 2.05) is 31.2 Å². The summed E-state index contributed by atoms with van der Waals surface area (Å²) in [6.45, 7) is 7.50. The van der Waals surface area contributed by atoms with Crippen LogP contribution >= 0.6 is 0 Å². The Hall–Kier alpha value is -1.35. The van der Waals surface area contributed by atoms with E-state index in [9.17, 15) is 9.90 Å². The summed E-state index contributed by atoms with van der Waals surface area (Å²) in [5.41, 5.74) is 1.99. The maximum Gasteiger partial charge on any atom is 0.311 e. The topological polar surface area (TPSA) is 46.5 Å². The van der Waals surface area contributed by atoms with Crippen LogP contribution in [0.2, 0.25) is 0 Å². The van der Waals surface area contributed by atoms with Crippen molar-refractivity contribution in [1.29, 1.82) is 0 Å². The number of benzene rings is 1. The van der Waals surface area contributed by atoms with Gasteiger partial charge in [0.1, 0.15) is 0 Å². The molecule has 1 aromatic carbocycles. The van der Waals surface area contributed by atoms with Crippen LogP contribution in [0.5, 0.6) is 0 Å². The Morgan fingerprint density at radius 1 is 1.16 bits per heavy atom. The molecule has 3 heteroatoms. The summed E-state index contributed by atoms with van der Waals surface area (Å²) in [5, 5.41) is 9.29. The molecule has 0 amide bonds. The molecule has 0 saturated heterocycles. The Morgan fingerprint density at radius 2 is 1.74 bits per heavy atom. The molecule has 0 radical (unpaired) electrons. The van der Waals surface area contributed by atoms with Crippen molar-refractivity contribution in [3.05, 3.63) is 35.4 Å². The van der Waals surface area contributed by atoms with Crippen LogP contribution in [0.4, 0.5) is 0 Å². The molecule has 0 aliphatic heterocycles. The highest BCUT2D eigenvalue weighted by molar-refractivity contribution is 5.76. The summed E-state index contributed by atoms with van der Waals surface area (Å²) >= 11 is 0. The first-order valence-electron chi connectivity index (χ1n) is 6.87. The van der Waals surface area contributed by atoms with Crippen LogP contribution in [0.15, 0.2) is 24.3 Å². The predicted octanol–water partition coefficient (Wildman–Crippen LogP) is 3.62. The number of carboxylic acids is 1. The van der Waals surface area contributed by atoms with Crippen LogP contribution in [-0.2, 0) is 9.53 Å². The molecule has 0 fully saturated rings. The summed E-state index contributed by atoms with van der Waals surface area (Å²) in [6, 6.07) is 7.68. The molecule has 0 spiro atoms. The van der Waals surface area contributed by atoms with E-state index in [1.54, 1.807) is 0 Å². The molecule has 0 heterocycles. The molecule has 0 saturated carbocycles. The summed E-state index contributed by atoms with van der Waals surface area (Å²) in [5.74, 6) is -0.636. The van der Waals surface area contributed by atoms with Gasteiger partial charge in [-0.25, -0.2) is 0 Å². The number of ether oxygens (including phenoxy) is 1. The van der Waals surface area contributed by atoms with E-state index in [1.165, 1.54) is 0 Å². The Balaban J connectivity index is 2.45. The van der Waals surface area contributed by atoms with Crippen molar-refractivity contribution in [3.63, 3.8) is 0 Å². The fourth-order valence-electron chi connectivity index (χ4n) is 1.85. The molecule has 1 N–H and O–H groups in total. The van der Waals surface area contributed by atoms with Gasteiger partial charge in [-0.05, 0) is 31.2 Å². The molecule has 1 aromatic rings. The molecule has 106 valence electrons. The third kappa shape index (κ3) is 5.88. The van der Waals surface area contributed by atoms with Crippen molar-refractivity contribution in [2.45, 2.75) is 39.5 Å². The number of rotatable bonds is 8. The fraction of sp³-hybridized carbons (Fsp3) is 0.562. The average Bonchev–Trinajstić information content (AvgIpc) is 2.34. The van der Waals surface area contributed by atoms with Gasteiger partial charge < -0.3 is 9.84 Å². The minimum atomic E-state index is -0.781. The van der Waals surface area contributed by atoms with Crippen LogP contribution in [0.3, 0.4) is 0 Å². The van der Waals surface area contributed by atoms with Crippen molar-refractivity contribution < 1.29 is 14.6 Å². The molecule has 19 heavy (non-hydrogen) atoms. The minimum Gasteiger partial charge on any atom is -0.481 e. The third-order valence-electron chi connectivity index (χ3n) is 3.17. The lowest BCUT2D eigenvalue weighted by Gasteiger charge is -2.13. The summed E-state index contributed by atoms with van der Waals surface area (Å²) in [4.78, 5) is 11.3. The number of carboxylic acid groups (broad SMARTS) is 1. The lowest BCUT2D eigenvalue weighted by atomic mass is 9.95. The van der Waals surface area contributed by atoms with Gasteiger partial charge in [-0.3, -0.25) is 4.79 Å². The highest BCUT2D eigenvalue weighted by atomic mass is 16.5.